The van der Waals surface area contributed by atoms with Crippen LogP contribution in [0.1, 0.15) is 46.1 Å². The number of carbonyl (C=O) groups excluding carboxylic acids is 2. The molecule has 2 aromatic carbocycles. The molecule has 4 rings (SSSR count). The fourth-order valence-electron chi connectivity index (χ4n) is 3.71. The van der Waals surface area contributed by atoms with Gasteiger partial charge in [-0.2, -0.15) is 0 Å². The van der Waals surface area contributed by atoms with Crippen LogP contribution in [0.5, 0.6) is 0 Å². The number of rotatable bonds is 7. The van der Waals surface area contributed by atoms with Crippen molar-refractivity contribution in [3.63, 3.8) is 0 Å². The molecule has 1 atom stereocenters. The van der Waals surface area contributed by atoms with E-state index in [1.165, 1.54) is 22.9 Å². The van der Waals surface area contributed by atoms with E-state index in [0.717, 1.165) is 24.2 Å². The summed E-state index contributed by atoms with van der Waals surface area (Å²) in [7, 11) is 0. The highest BCUT2D eigenvalue weighted by Crippen LogP contribution is 2.30. The van der Waals surface area contributed by atoms with Gasteiger partial charge >= 0.3 is 0 Å². The molecule has 5 nitrogen and oxygen atoms in total. The molecule has 0 bridgehead atoms. The van der Waals surface area contributed by atoms with Gasteiger partial charge in [-0.25, -0.2) is 0 Å². The van der Waals surface area contributed by atoms with Crippen LogP contribution in [-0.4, -0.2) is 17.6 Å². The van der Waals surface area contributed by atoms with Gasteiger partial charge in [0.2, 0.25) is 5.91 Å². The summed E-state index contributed by atoms with van der Waals surface area (Å²) in [6, 6.07) is 19.4. The van der Waals surface area contributed by atoms with Crippen molar-refractivity contribution in [2.45, 2.75) is 36.7 Å². The summed E-state index contributed by atoms with van der Waals surface area (Å²) in [5, 5.41) is 6.02. The maximum absolute atomic E-state index is 13.0. The number of benzene rings is 2. The second-order valence-corrected chi connectivity index (χ2v) is 8.28. The first-order chi connectivity index (χ1) is 14.7. The number of thioether (sulfide) groups is 1. The summed E-state index contributed by atoms with van der Waals surface area (Å²) < 4.78 is 5.22. The highest BCUT2D eigenvalue weighted by Gasteiger charge is 2.23. The second kappa shape index (κ2) is 9.67. The van der Waals surface area contributed by atoms with E-state index in [2.05, 4.69) is 22.8 Å². The van der Waals surface area contributed by atoms with Crippen molar-refractivity contribution >= 4 is 23.6 Å². The number of hydrogen-bond acceptors (Lipinski definition) is 4. The Hall–Kier alpha value is -2.99. The van der Waals surface area contributed by atoms with E-state index >= 15 is 0 Å². The quantitative estimate of drug-likeness (QED) is 0.552. The summed E-state index contributed by atoms with van der Waals surface area (Å²) in [4.78, 5) is 26.0. The molecule has 0 saturated heterocycles. The Morgan fingerprint density at radius 3 is 2.73 bits per heavy atom. The Bertz CT molecular complexity index is 1020. The first-order valence-electron chi connectivity index (χ1n) is 10.1. The summed E-state index contributed by atoms with van der Waals surface area (Å²) in [5.41, 5.74) is 3.12. The normalized spacial score (nSPS) is 15.3. The van der Waals surface area contributed by atoms with Crippen LogP contribution in [0.2, 0.25) is 0 Å². The van der Waals surface area contributed by atoms with Crippen molar-refractivity contribution < 1.29 is 14.0 Å². The molecule has 1 aromatic heterocycles. The lowest BCUT2D eigenvalue weighted by Crippen LogP contribution is -2.31. The Labute approximate surface area is 180 Å². The summed E-state index contributed by atoms with van der Waals surface area (Å²) >= 11 is 1.36. The van der Waals surface area contributed by atoms with Crippen LogP contribution in [0.3, 0.4) is 0 Å². The van der Waals surface area contributed by atoms with Gasteiger partial charge < -0.3 is 15.1 Å². The van der Waals surface area contributed by atoms with Crippen molar-refractivity contribution in [1.82, 2.24) is 10.6 Å². The zero-order valence-corrected chi connectivity index (χ0v) is 17.4. The molecule has 1 unspecified atom stereocenters. The lowest BCUT2D eigenvalue weighted by Gasteiger charge is -2.26. The van der Waals surface area contributed by atoms with Crippen molar-refractivity contribution in [3.05, 3.63) is 89.4 Å². The average molecular weight is 421 g/mol. The monoisotopic (exact) mass is 420 g/mol. The largest absolute Gasteiger partial charge is 0.467 e. The molecular weight excluding hydrogens is 396 g/mol. The van der Waals surface area contributed by atoms with Gasteiger partial charge in [-0.3, -0.25) is 9.59 Å². The molecule has 1 aliphatic rings. The highest BCUT2D eigenvalue weighted by molar-refractivity contribution is 8.00. The van der Waals surface area contributed by atoms with Crippen LogP contribution in [0, 0.1) is 0 Å². The van der Waals surface area contributed by atoms with Gasteiger partial charge in [0, 0.05) is 4.90 Å². The SMILES string of the molecule is O=C(CSc1ccccc1C(=O)NC1CCCc2ccccc21)NCc1ccco1. The van der Waals surface area contributed by atoms with Gasteiger partial charge in [-0.15, -0.1) is 11.8 Å². The van der Waals surface area contributed by atoms with Gasteiger partial charge in [-0.1, -0.05) is 36.4 Å². The molecule has 0 spiro atoms. The van der Waals surface area contributed by atoms with Gasteiger partial charge in [0.15, 0.2) is 0 Å². The number of hydrogen-bond donors (Lipinski definition) is 2. The van der Waals surface area contributed by atoms with Crippen LogP contribution in [-0.2, 0) is 17.8 Å². The topological polar surface area (TPSA) is 71.3 Å². The third-order valence-corrected chi connectivity index (χ3v) is 6.28. The van der Waals surface area contributed by atoms with E-state index < -0.39 is 0 Å². The van der Waals surface area contributed by atoms with Crippen molar-refractivity contribution in [2.24, 2.45) is 0 Å². The Kier molecular flexibility index (Phi) is 6.54. The number of furan rings is 1. The van der Waals surface area contributed by atoms with Crippen molar-refractivity contribution in [1.29, 1.82) is 0 Å². The third kappa shape index (κ3) is 4.94. The summed E-state index contributed by atoms with van der Waals surface area (Å²) in [6.45, 7) is 0.357. The molecule has 0 radical (unpaired) electrons. The average Bonchev–Trinajstić information content (AvgIpc) is 3.30. The molecule has 0 aliphatic heterocycles. The van der Waals surface area contributed by atoms with Gasteiger partial charge in [0.1, 0.15) is 5.76 Å². The zero-order chi connectivity index (χ0) is 20.8. The van der Waals surface area contributed by atoms with Gasteiger partial charge in [0.25, 0.3) is 5.91 Å². The first kappa shape index (κ1) is 20.3. The third-order valence-electron chi connectivity index (χ3n) is 5.21. The van der Waals surface area contributed by atoms with Crippen LogP contribution < -0.4 is 10.6 Å². The summed E-state index contributed by atoms with van der Waals surface area (Å²) in [6.07, 6.45) is 4.64. The fourth-order valence-corrected chi connectivity index (χ4v) is 4.59. The Morgan fingerprint density at radius 1 is 1.03 bits per heavy atom. The van der Waals surface area contributed by atoms with E-state index in [9.17, 15) is 9.59 Å². The molecule has 2 amide bonds. The second-order valence-electron chi connectivity index (χ2n) is 7.26. The first-order valence-corrected chi connectivity index (χ1v) is 11.1. The number of aryl methyl sites for hydroxylation is 1. The minimum absolute atomic E-state index is 0.0251. The minimum atomic E-state index is -0.104. The molecule has 3 aromatic rings. The molecule has 0 fully saturated rings. The molecule has 6 heteroatoms. The van der Waals surface area contributed by atoms with Crippen LogP contribution in [0.4, 0.5) is 0 Å². The Morgan fingerprint density at radius 2 is 1.87 bits per heavy atom. The maximum Gasteiger partial charge on any atom is 0.252 e. The minimum Gasteiger partial charge on any atom is -0.467 e. The predicted octanol–water partition coefficient (Wildman–Crippen LogP) is 4.50. The van der Waals surface area contributed by atoms with Crippen LogP contribution in [0.25, 0.3) is 0 Å². The van der Waals surface area contributed by atoms with Crippen LogP contribution >= 0.6 is 11.8 Å². The van der Waals surface area contributed by atoms with Gasteiger partial charge in [0.05, 0.1) is 30.2 Å². The molecule has 1 aliphatic carbocycles. The molecule has 2 N–H and O–H groups in total. The fraction of sp³-hybridized carbons (Fsp3) is 0.250. The van der Waals surface area contributed by atoms with E-state index in [1.54, 1.807) is 12.3 Å². The highest BCUT2D eigenvalue weighted by atomic mass is 32.2. The van der Waals surface area contributed by atoms with E-state index in [4.69, 9.17) is 4.42 Å². The molecule has 154 valence electrons. The lowest BCUT2D eigenvalue weighted by molar-refractivity contribution is -0.118. The predicted molar refractivity (Wildman–Crippen MR) is 117 cm³/mol. The van der Waals surface area contributed by atoms with Crippen molar-refractivity contribution in [3.8, 4) is 0 Å². The van der Waals surface area contributed by atoms with Gasteiger partial charge in [-0.05, 0) is 54.7 Å². The lowest BCUT2D eigenvalue weighted by atomic mass is 9.87. The Balaban J connectivity index is 1.38. The molecule has 30 heavy (non-hydrogen) atoms. The standard InChI is InChI=1S/C24H24N2O3S/c27-23(25-15-18-9-6-14-29-18)16-30-22-13-4-3-11-20(22)24(28)26-21-12-5-8-17-7-1-2-10-19(17)21/h1-4,6-7,9-11,13-14,21H,5,8,12,15-16H2,(H,25,27)(H,26,28). The number of fused-ring (bicyclic) bond motifs is 1. The van der Waals surface area contributed by atoms with E-state index in [-0.39, 0.29) is 23.6 Å². The molecular formula is C24H24N2O3S. The van der Waals surface area contributed by atoms with E-state index in [0.29, 0.717) is 17.9 Å². The molecule has 0 saturated carbocycles. The maximum atomic E-state index is 13.0. The smallest absolute Gasteiger partial charge is 0.252 e. The van der Waals surface area contributed by atoms with Crippen LogP contribution in [0.15, 0.2) is 76.2 Å². The number of carbonyl (C=O) groups is 2. The summed E-state index contributed by atoms with van der Waals surface area (Å²) in [5.74, 6) is 0.738. The number of amides is 2. The van der Waals surface area contributed by atoms with E-state index in [1.807, 2.05) is 42.5 Å². The molecule has 1 heterocycles. The number of nitrogens with one attached hydrogen (secondary N) is 2. The van der Waals surface area contributed by atoms with Crippen molar-refractivity contribution in [2.75, 3.05) is 5.75 Å². The zero-order valence-electron chi connectivity index (χ0n) is 16.6.